The van der Waals surface area contributed by atoms with Gasteiger partial charge in [0.2, 0.25) is 5.91 Å². The fraction of sp³-hybridized carbons (Fsp3) is 0.515. The molecule has 0 N–H and O–H groups in total. The summed E-state index contributed by atoms with van der Waals surface area (Å²) in [6.07, 6.45) is 13.5. The molecule has 2 bridgehead atoms. The monoisotopic (exact) mass is 497 g/mol. The summed E-state index contributed by atoms with van der Waals surface area (Å²) in [4.78, 5) is 27.4. The molecule has 0 aliphatic heterocycles. The summed E-state index contributed by atoms with van der Waals surface area (Å²) in [5.74, 6) is 0.898. The number of fused-ring (bicyclic) bond motifs is 3. The maximum atomic E-state index is 13.6. The van der Waals surface area contributed by atoms with Crippen molar-refractivity contribution in [2.75, 3.05) is 18.6 Å². The zero-order valence-corrected chi connectivity index (χ0v) is 22.3. The van der Waals surface area contributed by atoms with Crippen LogP contribution in [0.2, 0.25) is 0 Å². The fourth-order valence-corrected chi connectivity index (χ4v) is 6.88. The van der Waals surface area contributed by atoms with Crippen LogP contribution in [0.5, 0.6) is 0 Å². The highest BCUT2D eigenvalue weighted by molar-refractivity contribution is 5.97. The van der Waals surface area contributed by atoms with E-state index in [-0.39, 0.29) is 23.2 Å². The van der Waals surface area contributed by atoms with Gasteiger partial charge in [-0.3, -0.25) is 4.79 Å². The van der Waals surface area contributed by atoms with Gasteiger partial charge in [0.25, 0.3) is 0 Å². The zero-order chi connectivity index (χ0) is 25.6. The molecule has 0 atom stereocenters. The Labute approximate surface area is 221 Å². The number of esters is 1. The lowest BCUT2D eigenvalue weighted by Gasteiger charge is -2.55. The Morgan fingerprint density at radius 1 is 0.946 bits per heavy atom. The molecule has 4 heteroatoms. The molecule has 2 aromatic carbocycles. The SMILES string of the molecule is COC(=O)/C=C(\C)c1cccc(N(CC23CCC(c4ccc(C5CC5)cc4)(CC2)CC3)C(=O)C2CC2)c1. The van der Waals surface area contributed by atoms with Crippen molar-refractivity contribution in [1.82, 2.24) is 0 Å². The minimum atomic E-state index is -0.359. The van der Waals surface area contributed by atoms with Gasteiger partial charge < -0.3 is 9.64 Å². The highest BCUT2D eigenvalue weighted by Crippen LogP contribution is 2.58. The van der Waals surface area contributed by atoms with Gasteiger partial charge in [-0.1, -0.05) is 36.4 Å². The number of hydrogen-bond acceptors (Lipinski definition) is 3. The van der Waals surface area contributed by atoms with Crippen molar-refractivity contribution in [3.05, 3.63) is 71.3 Å². The van der Waals surface area contributed by atoms with Crippen LogP contribution in [0, 0.1) is 11.3 Å². The largest absolute Gasteiger partial charge is 0.466 e. The van der Waals surface area contributed by atoms with E-state index >= 15 is 0 Å². The Balaban J connectivity index is 1.21. The van der Waals surface area contributed by atoms with Crippen molar-refractivity contribution in [3.8, 4) is 0 Å². The molecule has 0 radical (unpaired) electrons. The molecule has 0 spiro atoms. The Morgan fingerprint density at radius 3 is 2.22 bits per heavy atom. The van der Waals surface area contributed by atoms with Crippen LogP contribution in [0.1, 0.15) is 93.7 Å². The Morgan fingerprint density at radius 2 is 1.62 bits per heavy atom. The summed E-state index contributed by atoms with van der Waals surface area (Å²) < 4.78 is 4.81. The van der Waals surface area contributed by atoms with E-state index in [0.717, 1.165) is 42.1 Å². The van der Waals surface area contributed by atoms with Crippen LogP contribution in [-0.2, 0) is 19.7 Å². The summed E-state index contributed by atoms with van der Waals surface area (Å²) in [6, 6.07) is 17.7. The maximum Gasteiger partial charge on any atom is 0.330 e. The lowest BCUT2D eigenvalue weighted by molar-refractivity contribution is -0.134. The maximum absolute atomic E-state index is 13.6. The second kappa shape index (κ2) is 9.45. The van der Waals surface area contributed by atoms with Crippen molar-refractivity contribution < 1.29 is 14.3 Å². The molecule has 194 valence electrons. The van der Waals surface area contributed by atoms with Gasteiger partial charge in [-0.2, -0.15) is 0 Å². The smallest absolute Gasteiger partial charge is 0.330 e. The summed E-state index contributed by atoms with van der Waals surface area (Å²) in [5, 5.41) is 0. The van der Waals surface area contributed by atoms with E-state index < -0.39 is 0 Å². The first-order valence-corrected chi connectivity index (χ1v) is 14.2. The molecule has 0 saturated heterocycles. The van der Waals surface area contributed by atoms with Crippen molar-refractivity contribution in [1.29, 1.82) is 0 Å². The number of carbonyl (C=O) groups excluding carboxylic acids is 2. The van der Waals surface area contributed by atoms with E-state index in [0.29, 0.717) is 5.41 Å². The Kier molecular flexibility index (Phi) is 6.25. The number of benzene rings is 2. The normalized spacial score (nSPS) is 27.1. The third-order valence-corrected chi connectivity index (χ3v) is 9.81. The number of amides is 1. The number of carbonyl (C=O) groups is 2. The first-order valence-electron chi connectivity index (χ1n) is 14.2. The molecule has 5 aliphatic carbocycles. The molecule has 1 amide bonds. The molecule has 0 heterocycles. The molecule has 7 rings (SSSR count). The lowest BCUT2D eigenvalue weighted by Crippen LogP contribution is -2.51. The molecule has 5 saturated carbocycles. The van der Waals surface area contributed by atoms with Crippen LogP contribution >= 0.6 is 0 Å². The standard InChI is InChI=1S/C33H39NO3/c1-23(20-30(35)37-2)27-4-3-5-29(21-27)34(31(36)26-8-9-26)22-32-14-17-33(18-15-32,19-16-32)28-12-10-25(11-13-28)24-6-7-24/h3-5,10-13,20-21,24,26H,6-9,14-19,22H2,1-2H3/b23-20+. The second-order valence-corrected chi connectivity index (χ2v) is 12.3. The summed E-state index contributed by atoms with van der Waals surface area (Å²) >= 11 is 0. The molecule has 5 fully saturated rings. The van der Waals surface area contributed by atoms with Crippen molar-refractivity contribution >= 4 is 23.1 Å². The van der Waals surface area contributed by atoms with E-state index in [9.17, 15) is 9.59 Å². The topological polar surface area (TPSA) is 46.6 Å². The molecule has 2 aromatic rings. The predicted molar refractivity (Wildman–Crippen MR) is 147 cm³/mol. The Hall–Kier alpha value is -2.88. The number of methoxy groups -OCH3 is 1. The Bertz CT molecular complexity index is 1190. The molecule has 0 unspecified atom stereocenters. The molecule has 5 aliphatic rings. The quantitative estimate of drug-likeness (QED) is 0.287. The minimum absolute atomic E-state index is 0.169. The molecule has 0 aromatic heterocycles. The highest BCUT2D eigenvalue weighted by Gasteiger charge is 2.51. The van der Waals surface area contributed by atoms with Crippen LogP contribution < -0.4 is 4.90 Å². The number of allylic oxidation sites excluding steroid dienone is 1. The lowest BCUT2D eigenvalue weighted by atomic mass is 9.51. The highest BCUT2D eigenvalue weighted by atomic mass is 16.5. The number of hydrogen-bond donors (Lipinski definition) is 0. The van der Waals surface area contributed by atoms with E-state index in [1.807, 2.05) is 19.1 Å². The minimum Gasteiger partial charge on any atom is -0.466 e. The van der Waals surface area contributed by atoms with Crippen molar-refractivity contribution in [2.24, 2.45) is 11.3 Å². The molecular weight excluding hydrogens is 458 g/mol. The van der Waals surface area contributed by atoms with Crippen molar-refractivity contribution in [2.45, 2.75) is 82.5 Å². The van der Waals surface area contributed by atoms with Gasteiger partial charge >= 0.3 is 5.97 Å². The summed E-state index contributed by atoms with van der Waals surface area (Å²) in [5.41, 5.74) is 6.34. The van der Waals surface area contributed by atoms with Gasteiger partial charge in [0.1, 0.15) is 0 Å². The van der Waals surface area contributed by atoms with Crippen LogP contribution in [0.3, 0.4) is 0 Å². The van der Waals surface area contributed by atoms with E-state index in [4.69, 9.17) is 4.74 Å². The van der Waals surface area contributed by atoms with Crippen LogP contribution in [0.25, 0.3) is 5.57 Å². The third kappa shape index (κ3) is 4.87. The van der Waals surface area contributed by atoms with Gasteiger partial charge in [0.15, 0.2) is 0 Å². The zero-order valence-electron chi connectivity index (χ0n) is 22.3. The third-order valence-electron chi connectivity index (χ3n) is 9.81. The van der Waals surface area contributed by atoms with E-state index in [1.54, 1.807) is 0 Å². The number of nitrogens with zero attached hydrogens (tertiary/aromatic N) is 1. The number of rotatable bonds is 8. The van der Waals surface area contributed by atoms with E-state index in [1.165, 1.54) is 75.7 Å². The van der Waals surface area contributed by atoms with Gasteiger partial charge in [-0.05, 0) is 122 Å². The second-order valence-electron chi connectivity index (χ2n) is 12.3. The predicted octanol–water partition coefficient (Wildman–Crippen LogP) is 7.18. The first kappa shape index (κ1) is 24.5. The molecular formula is C33H39NO3. The van der Waals surface area contributed by atoms with Gasteiger partial charge in [-0.15, -0.1) is 0 Å². The number of anilines is 1. The summed E-state index contributed by atoms with van der Waals surface area (Å²) in [6.45, 7) is 2.73. The average Bonchev–Trinajstić information content (AvgIpc) is 3.86. The van der Waals surface area contributed by atoms with Crippen LogP contribution in [0.15, 0.2) is 54.6 Å². The summed E-state index contributed by atoms with van der Waals surface area (Å²) in [7, 11) is 1.39. The van der Waals surface area contributed by atoms with E-state index in [2.05, 4.69) is 41.3 Å². The molecule has 37 heavy (non-hydrogen) atoms. The van der Waals surface area contributed by atoms with Crippen molar-refractivity contribution in [3.63, 3.8) is 0 Å². The van der Waals surface area contributed by atoms with Crippen LogP contribution in [-0.4, -0.2) is 25.5 Å². The number of ether oxygens (including phenoxy) is 1. The van der Waals surface area contributed by atoms with Gasteiger partial charge in [0, 0.05) is 24.2 Å². The van der Waals surface area contributed by atoms with Gasteiger partial charge in [-0.25, -0.2) is 4.79 Å². The van der Waals surface area contributed by atoms with Gasteiger partial charge in [0.05, 0.1) is 7.11 Å². The first-order chi connectivity index (χ1) is 17.9. The fourth-order valence-electron chi connectivity index (χ4n) is 6.88. The van der Waals surface area contributed by atoms with Crippen LogP contribution in [0.4, 0.5) is 5.69 Å². The average molecular weight is 498 g/mol. The molecule has 4 nitrogen and oxygen atoms in total.